The molecule has 0 spiro atoms. The fraction of sp³-hybridized carbons (Fsp3) is 0. The third kappa shape index (κ3) is 5.66. The van der Waals surface area contributed by atoms with Crippen molar-refractivity contribution < 1.29 is 0 Å². The van der Waals surface area contributed by atoms with E-state index in [-0.39, 0.29) is 0 Å². The quantitative estimate of drug-likeness (QED) is 0.158. The molecule has 0 radical (unpaired) electrons. The molecule has 0 aliphatic rings. The lowest BCUT2D eigenvalue weighted by molar-refractivity contribution is 1.18. The topological polar surface area (TPSA) is 8.17 Å². The zero-order chi connectivity index (χ0) is 38.4. The standard InChI is InChI=1S/C56H38N2/c1-3-18-41(19-4-1)50-28-11-13-32-52(50)58(55-35-17-34-54-56(55)51-29-12-14-33-53(51)57(54)44-24-5-2-6-25-44)45-37-42(48-30-15-22-39-20-7-9-26-46(39)48)36-43(38-45)49-31-16-23-40-21-8-10-27-47(40)49/h1-38H. The third-order valence-electron chi connectivity index (χ3n) is 11.5. The van der Waals surface area contributed by atoms with Gasteiger partial charge < -0.3 is 9.47 Å². The maximum absolute atomic E-state index is 2.51. The highest BCUT2D eigenvalue weighted by Gasteiger charge is 2.24. The summed E-state index contributed by atoms with van der Waals surface area (Å²) in [4.78, 5) is 2.51. The number of hydrogen-bond acceptors (Lipinski definition) is 1. The van der Waals surface area contributed by atoms with E-state index >= 15 is 0 Å². The highest BCUT2D eigenvalue weighted by atomic mass is 15.2. The Morgan fingerprint density at radius 3 is 1.48 bits per heavy atom. The van der Waals surface area contributed by atoms with Crippen molar-refractivity contribution in [2.24, 2.45) is 0 Å². The molecule has 0 bridgehead atoms. The minimum Gasteiger partial charge on any atom is -0.309 e. The van der Waals surface area contributed by atoms with Crippen molar-refractivity contribution in [1.29, 1.82) is 0 Å². The average Bonchev–Trinajstić information content (AvgIpc) is 3.64. The van der Waals surface area contributed by atoms with Gasteiger partial charge in [0.15, 0.2) is 0 Å². The van der Waals surface area contributed by atoms with Crippen molar-refractivity contribution in [3.8, 4) is 39.1 Å². The normalized spacial score (nSPS) is 11.4. The van der Waals surface area contributed by atoms with Crippen LogP contribution < -0.4 is 4.90 Å². The SMILES string of the molecule is c1ccc(-c2ccccc2N(c2cc(-c3cccc4ccccc34)cc(-c3cccc4ccccc34)c2)c2cccc3c2c2ccccc2n3-c2ccccc2)cc1. The monoisotopic (exact) mass is 738 g/mol. The van der Waals surface area contributed by atoms with E-state index < -0.39 is 0 Å². The summed E-state index contributed by atoms with van der Waals surface area (Å²) in [5, 5.41) is 7.32. The fourth-order valence-corrected chi connectivity index (χ4v) is 8.99. The molecule has 0 saturated heterocycles. The Morgan fingerprint density at radius 1 is 0.310 bits per heavy atom. The smallest absolute Gasteiger partial charge is 0.0562 e. The first kappa shape index (κ1) is 33.6. The number of hydrogen-bond donors (Lipinski definition) is 0. The number of fused-ring (bicyclic) bond motifs is 5. The first-order valence-corrected chi connectivity index (χ1v) is 19.9. The van der Waals surface area contributed by atoms with Crippen molar-refractivity contribution in [2.45, 2.75) is 0 Å². The molecule has 0 aliphatic carbocycles. The molecule has 11 aromatic rings. The Kier molecular flexibility index (Phi) is 8.19. The molecule has 1 heterocycles. The van der Waals surface area contributed by atoms with Crippen molar-refractivity contribution in [3.63, 3.8) is 0 Å². The molecular formula is C56H38N2. The van der Waals surface area contributed by atoms with Crippen molar-refractivity contribution >= 4 is 60.4 Å². The third-order valence-corrected chi connectivity index (χ3v) is 11.5. The molecule has 0 aliphatic heterocycles. The second kappa shape index (κ2) is 14.1. The van der Waals surface area contributed by atoms with Gasteiger partial charge in [0.1, 0.15) is 0 Å². The molecule has 2 nitrogen and oxygen atoms in total. The molecular weight excluding hydrogens is 701 g/mol. The number of aromatic nitrogens is 1. The van der Waals surface area contributed by atoms with E-state index in [4.69, 9.17) is 0 Å². The molecule has 11 rings (SSSR count). The van der Waals surface area contributed by atoms with Gasteiger partial charge in [0, 0.05) is 27.7 Å². The van der Waals surface area contributed by atoms with Crippen LogP contribution in [0.3, 0.4) is 0 Å². The molecule has 0 fully saturated rings. The number of rotatable bonds is 7. The van der Waals surface area contributed by atoms with E-state index in [1.807, 2.05) is 0 Å². The van der Waals surface area contributed by atoms with Gasteiger partial charge in [-0.2, -0.15) is 0 Å². The van der Waals surface area contributed by atoms with Crippen LogP contribution in [0.2, 0.25) is 0 Å². The molecule has 0 N–H and O–H groups in total. The Morgan fingerprint density at radius 2 is 0.793 bits per heavy atom. The van der Waals surface area contributed by atoms with Gasteiger partial charge in [-0.3, -0.25) is 0 Å². The highest BCUT2D eigenvalue weighted by molar-refractivity contribution is 6.17. The molecule has 0 saturated carbocycles. The number of para-hydroxylation sites is 3. The van der Waals surface area contributed by atoms with E-state index in [0.717, 1.165) is 33.8 Å². The first-order chi connectivity index (χ1) is 28.8. The summed E-state index contributed by atoms with van der Waals surface area (Å²) >= 11 is 0. The molecule has 2 heteroatoms. The Hall–Kier alpha value is -7.68. The lowest BCUT2D eigenvalue weighted by Gasteiger charge is -2.30. The summed E-state index contributed by atoms with van der Waals surface area (Å²) in [5.74, 6) is 0. The van der Waals surface area contributed by atoms with E-state index in [0.29, 0.717) is 0 Å². The summed E-state index contributed by atoms with van der Waals surface area (Å²) in [6, 6.07) is 83.9. The van der Waals surface area contributed by atoms with Crippen molar-refractivity contribution in [2.75, 3.05) is 4.90 Å². The van der Waals surface area contributed by atoms with Crippen LogP contribution in [0.4, 0.5) is 17.1 Å². The van der Waals surface area contributed by atoms with Gasteiger partial charge in [-0.05, 0) is 104 Å². The maximum atomic E-state index is 2.51. The lowest BCUT2D eigenvalue weighted by Crippen LogP contribution is -2.12. The second-order valence-electron chi connectivity index (χ2n) is 14.9. The zero-order valence-electron chi connectivity index (χ0n) is 31.8. The Labute approximate surface area is 338 Å². The summed E-state index contributed by atoms with van der Waals surface area (Å²) in [5.41, 5.74) is 13.8. The molecule has 1 aromatic heterocycles. The molecule has 0 atom stereocenters. The van der Waals surface area contributed by atoms with Gasteiger partial charge in [0.25, 0.3) is 0 Å². The van der Waals surface area contributed by atoms with E-state index in [9.17, 15) is 0 Å². The van der Waals surface area contributed by atoms with Crippen LogP contribution in [0.15, 0.2) is 231 Å². The fourth-order valence-electron chi connectivity index (χ4n) is 8.99. The molecule has 0 amide bonds. The van der Waals surface area contributed by atoms with E-state index in [2.05, 4.69) is 240 Å². The van der Waals surface area contributed by atoms with Crippen LogP contribution in [-0.2, 0) is 0 Å². The summed E-state index contributed by atoms with van der Waals surface area (Å²) in [6.07, 6.45) is 0. The largest absolute Gasteiger partial charge is 0.309 e. The number of benzene rings is 10. The van der Waals surface area contributed by atoms with Crippen LogP contribution in [0, 0.1) is 0 Å². The molecule has 10 aromatic carbocycles. The minimum absolute atomic E-state index is 1.08. The second-order valence-corrected chi connectivity index (χ2v) is 14.9. The summed E-state index contributed by atoms with van der Waals surface area (Å²) in [7, 11) is 0. The van der Waals surface area contributed by atoms with Crippen molar-refractivity contribution in [3.05, 3.63) is 231 Å². The van der Waals surface area contributed by atoms with Crippen LogP contribution in [-0.4, -0.2) is 4.57 Å². The van der Waals surface area contributed by atoms with Gasteiger partial charge in [0.05, 0.1) is 22.4 Å². The van der Waals surface area contributed by atoms with Crippen molar-refractivity contribution in [1.82, 2.24) is 4.57 Å². The molecule has 0 unspecified atom stereocenters. The summed E-state index contributed by atoms with van der Waals surface area (Å²) < 4.78 is 2.41. The van der Waals surface area contributed by atoms with E-state index in [1.165, 1.54) is 65.7 Å². The van der Waals surface area contributed by atoms with Crippen LogP contribution in [0.5, 0.6) is 0 Å². The first-order valence-electron chi connectivity index (χ1n) is 19.9. The van der Waals surface area contributed by atoms with Crippen LogP contribution in [0.25, 0.3) is 82.4 Å². The highest BCUT2D eigenvalue weighted by Crippen LogP contribution is 2.48. The average molecular weight is 739 g/mol. The molecule has 58 heavy (non-hydrogen) atoms. The molecule has 272 valence electrons. The van der Waals surface area contributed by atoms with Crippen LogP contribution in [0.1, 0.15) is 0 Å². The Bertz CT molecular complexity index is 3180. The number of nitrogens with zero attached hydrogens (tertiary/aromatic N) is 2. The van der Waals surface area contributed by atoms with Crippen LogP contribution >= 0.6 is 0 Å². The zero-order valence-corrected chi connectivity index (χ0v) is 31.8. The van der Waals surface area contributed by atoms with Gasteiger partial charge in [-0.1, -0.05) is 176 Å². The van der Waals surface area contributed by atoms with Gasteiger partial charge in [-0.15, -0.1) is 0 Å². The summed E-state index contributed by atoms with van der Waals surface area (Å²) in [6.45, 7) is 0. The van der Waals surface area contributed by atoms with Gasteiger partial charge >= 0.3 is 0 Å². The predicted octanol–water partition coefficient (Wildman–Crippen LogP) is 15.6. The number of anilines is 3. The Balaban J connectivity index is 1.27. The maximum Gasteiger partial charge on any atom is 0.0562 e. The predicted molar refractivity (Wildman–Crippen MR) is 247 cm³/mol. The van der Waals surface area contributed by atoms with E-state index in [1.54, 1.807) is 0 Å². The van der Waals surface area contributed by atoms with Gasteiger partial charge in [0.2, 0.25) is 0 Å². The minimum atomic E-state index is 1.08. The van der Waals surface area contributed by atoms with Gasteiger partial charge in [-0.25, -0.2) is 0 Å². The lowest BCUT2D eigenvalue weighted by atomic mass is 9.92.